The standard InChI is InChI=1S/C20H18BrN3O3/c1-11-12(2)18(9-8-16(11)21)24-19(25)15(13(3)23-24)10-22-17-7-5-4-6-14(17)20(26)27/h4-10,22-23H,3H2,1-2H3,(H,26,27)/p-1. The molecule has 6 nitrogen and oxygen atoms in total. The van der Waals surface area contributed by atoms with Crippen molar-refractivity contribution in [3.8, 4) is 5.69 Å². The van der Waals surface area contributed by atoms with Gasteiger partial charge in [-0.3, -0.25) is 9.89 Å². The van der Waals surface area contributed by atoms with E-state index in [1.807, 2.05) is 26.0 Å². The maximum Gasteiger partial charge on any atom is 0.280 e. The molecule has 0 spiro atoms. The number of carboxylic acid groups (broad SMARTS) is 1. The highest BCUT2D eigenvalue weighted by atomic mass is 79.9. The van der Waals surface area contributed by atoms with Crippen LogP contribution in [0, 0.1) is 13.8 Å². The topological polar surface area (TPSA) is 90.0 Å². The van der Waals surface area contributed by atoms with Gasteiger partial charge in [0, 0.05) is 21.9 Å². The van der Waals surface area contributed by atoms with E-state index in [9.17, 15) is 14.7 Å². The number of hydrogen-bond donors (Lipinski definition) is 2. The van der Waals surface area contributed by atoms with Crippen molar-refractivity contribution in [2.24, 2.45) is 0 Å². The minimum absolute atomic E-state index is 0.00889. The van der Waals surface area contributed by atoms with Gasteiger partial charge in [0.05, 0.1) is 22.2 Å². The molecule has 1 aromatic heterocycles. The summed E-state index contributed by atoms with van der Waals surface area (Å²) < 4.78 is 2.39. The molecule has 0 saturated carbocycles. The van der Waals surface area contributed by atoms with Crippen LogP contribution in [-0.4, -0.2) is 15.7 Å². The molecule has 0 atom stereocenters. The number of rotatable bonds is 4. The van der Waals surface area contributed by atoms with Gasteiger partial charge in [-0.1, -0.05) is 40.7 Å². The molecule has 0 aliphatic rings. The number of aromatic nitrogens is 2. The van der Waals surface area contributed by atoms with Gasteiger partial charge in [0.15, 0.2) is 0 Å². The second-order valence-electron chi connectivity index (χ2n) is 6.08. The third-order valence-corrected chi connectivity index (χ3v) is 5.32. The number of nitrogens with one attached hydrogen (secondary N) is 2. The van der Waals surface area contributed by atoms with E-state index in [2.05, 4.69) is 32.9 Å². The second-order valence-corrected chi connectivity index (χ2v) is 6.94. The van der Waals surface area contributed by atoms with Crippen molar-refractivity contribution in [3.63, 3.8) is 0 Å². The van der Waals surface area contributed by atoms with Crippen molar-refractivity contribution in [2.45, 2.75) is 13.8 Å². The minimum Gasteiger partial charge on any atom is -0.545 e. The number of aromatic carboxylic acids is 1. The highest BCUT2D eigenvalue weighted by Gasteiger charge is 2.10. The quantitative estimate of drug-likeness (QED) is 0.654. The zero-order valence-electron chi connectivity index (χ0n) is 14.8. The summed E-state index contributed by atoms with van der Waals surface area (Å²) in [6, 6.07) is 10.0. The molecule has 2 aromatic carbocycles. The van der Waals surface area contributed by atoms with Gasteiger partial charge in [-0.2, -0.15) is 0 Å². The summed E-state index contributed by atoms with van der Waals surface area (Å²) in [4.78, 5) is 24.1. The van der Waals surface area contributed by atoms with Gasteiger partial charge in [0.25, 0.3) is 5.56 Å². The van der Waals surface area contributed by atoms with Crippen LogP contribution in [0.3, 0.4) is 0 Å². The zero-order chi connectivity index (χ0) is 19.7. The average Bonchev–Trinajstić information content (AvgIpc) is 2.92. The molecule has 2 N–H and O–H groups in total. The molecule has 0 fully saturated rings. The lowest BCUT2D eigenvalue weighted by Crippen LogP contribution is -2.35. The number of para-hydroxylation sites is 1. The molecule has 0 unspecified atom stereocenters. The summed E-state index contributed by atoms with van der Waals surface area (Å²) in [5, 5.41) is 17.8. The third-order valence-electron chi connectivity index (χ3n) is 4.46. The summed E-state index contributed by atoms with van der Waals surface area (Å²) in [7, 11) is 0. The normalized spacial score (nSPS) is 11.6. The monoisotopic (exact) mass is 426 g/mol. The Kier molecular flexibility index (Phi) is 5.05. The number of anilines is 1. The first-order valence-corrected chi connectivity index (χ1v) is 8.93. The van der Waals surface area contributed by atoms with E-state index in [0.717, 1.165) is 21.3 Å². The molecular weight excluding hydrogens is 410 g/mol. The Balaban J connectivity index is 2.10. The van der Waals surface area contributed by atoms with Crippen molar-refractivity contribution in [1.29, 1.82) is 0 Å². The molecular formula is C20H17BrN3O3-. The molecule has 138 valence electrons. The highest BCUT2D eigenvalue weighted by molar-refractivity contribution is 9.10. The first-order valence-electron chi connectivity index (χ1n) is 8.14. The number of aromatic amines is 1. The number of benzene rings is 2. The molecule has 0 radical (unpaired) electrons. The van der Waals surface area contributed by atoms with Gasteiger partial charge in [-0.25, -0.2) is 4.68 Å². The third kappa shape index (κ3) is 3.46. The molecule has 0 saturated heterocycles. The van der Waals surface area contributed by atoms with Crippen LogP contribution < -0.4 is 26.6 Å². The van der Waals surface area contributed by atoms with E-state index < -0.39 is 5.97 Å². The lowest BCUT2D eigenvalue weighted by Gasteiger charge is -2.10. The minimum atomic E-state index is -1.30. The van der Waals surface area contributed by atoms with Crippen molar-refractivity contribution in [3.05, 3.63) is 78.5 Å². The van der Waals surface area contributed by atoms with Gasteiger partial charge in [0.1, 0.15) is 0 Å². The fraction of sp³-hybridized carbons (Fsp3) is 0.100. The van der Waals surface area contributed by atoms with E-state index in [0.29, 0.717) is 16.3 Å². The predicted octanol–water partition coefficient (Wildman–Crippen LogP) is 1.17. The SMILES string of the molecule is C=c1[nH]n(-c2ccc(Br)c(C)c2C)c(=O)c1=CNc1ccccc1C(=O)[O-]. The van der Waals surface area contributed by atoms with E-state index in [1.165, 1.54) is 16.9 Å². The van der Waals surface area contributed by atoms with Crippen LogP contribution in [0.2, 0.25) is 0 Å². The molecule has 0 aliphatic heterocycles. The first-order chi connectivity index (χ1) is 12.8. The number of H-pyrrole nitrogens is 1. The molecule has 0 aliphatic carbocycles. The Morgan fingerprint density at radius 1 is 1.22 bits per heavy atom. The van der Waals surface area contributed by atoms with Crippen molar-refractivity contribution in [1.82, 2.24) is 9.78 Å². The second kappa shape index (κ2) is 7.28. The molecule has 3 aromatic rings. The van der Waals surface area contributed by atoms with Crippen LogP contribution >= 0.6 is 15.9 Å². The molecule has 3 rings (SSSR count). The Morgan fingerprint density at radius 3 is 2.63 bits per heavy atom. The molecule has 0 bridgehead atoms. The molecule has 7 heteroatoms. The maximum absolute atomic E-state index is 12.9. The van der Waals surface area contributed by atoms with Gasteiger partial charge in [0.2, 0.25) is 0 Å². The molecule has 27 heavy (non-hydrogen) atoms. The van der Waals surface area contributed by atoms with Gasteiger partial charge in [-0.15, -0.1) is 0 Å². The van der Waals surface area contributed by atoms with Crippen molar-refractivity contribution < 1.29 is 9.90 Å². The van der Waals surface area contributed by atoms with Crippen LogP contribution in [0.1, 0.15) is 21.5 Å². The smallest absolute Gasteiger partial charge is 0.280 e. The predicted molar refractivity (Wildman–Crippen MR) is 107 cm³/mol. The van der Waals surface area contributed by atoms with Crippen LogP contribution in [0.25, 0.3) is 18.5 Å². The summed E-state index contributed by atoms with van der Waals surface area (Å²) in [6.45, 7) is 7.78. The Morgan fingerprint density at radius 2 is 1.93 bits per heavy atom. The van der Waals surface area contributed by atoms with Crippen LogP contribution in [-0.2, 0) is 0 Å². The largest absolute Gasteiger partial charge is 0.545 e. The zero-order valence-corrected chi connectivity index (χ0v) is 16.4. The van der Waals surface area contributed by atoms with E-state index in [4.69, 9.17) is 0 Å². The van der Waals surface area contributed by atoms with Crippen molar-refractivity contribution in [2.75, 3.05) is 5.32 Å². The summed E-state index contributed by atoms with van der Waals surface area (Å²) in [5.74, 6) is -1.30. The van der Waals surface area contributed by atoms with E-state index in [1.54, 1.807) is 18.2 Å². The van der Waals surface area contributed by atoms with Crippen LogP contribution in [0.5, 0.6) is 0 Å². The summed E-state index contributed by atoms with van der Waals surface area (Å²) in [5.41, 5.74) is 2.76. The van der Waals surface area contributed by atoms with Crippen LogP contribution in [0.4, 0.5) is 5.69 Å². The fourth-order valence-corrected chi connectivity index (χ4v) is 3.20. The Hall–Kier alpha value is -3.06. The number of carbonyl (C=O) groups is 1. The summed E-state index contributed by atoms with van der Waals surface area (Å²) >= 11 is 3.48. The highest BCUT2D eigenvalue weighted by Crippen LogP contribution is 2.23. The average molecular weight is 427 g/mol. The van der Waals surface area contributed by atoms with Gasteiger partial charge >= 0.3 is 0 Å². The summed E-state index contributed by atoms with van der Waals surface area (Å²) in [6.07, 6.45) is 1.44. The maximum atomic E-state index is 12.9. The number of nitrogens with zero attached hydrogens (tertiary/aromatic N) is 1. The molecule has 1 heterocycles. The Labute approximate surface area is 163 Å². The Bertz CT molecular complexity index is 1210. The van der Waals surface area contributed by atoms with Crippen molar-refractivity contribution >= 4 is 40.4 Å². The van der Waals surface area contributed by atoms with E-state index >= 15 is 0 Å². The van der Waals surface area contributed by atoms with Gasteiger partial charge < -0.3 is 15.2 Å². The number of halogens is 1. The number of hydrogen-bond acceptors (Lipinski definition) is 4. The first kappa shape index (κ1) is 18.7. The fourth-order valence-electron chi connectivity index (χ4n) is 2.77. The molecule has 0 amide bonds. The number of carbonyl (C=O) groups excluding carboxylic acids is 1. The lowest BCUT2D eigenvalue weighted by molar-refractivity contribution is -0.254. The lowest BCUT2D eigenvalue weighted by atomic mass is 10.1. The van der Waals surface area contributed by atoms with Gasteiger partial charge in [-0.05, 0) is 43.2 Å². The van der Waals surface area contributed by atoms with E-state index in [-0.39, 0.29) is 11.1 Å². The number of carboxylic acids is 1. The van der Waals surface area contributed by atoms with Crippen LogP contribution in [0.15, 0.2) is 45.7 Å².